The molecule has 1 heterocycles. The SMILES string of the molecule is O=S(=O)(NCC1CCNCC1)c1ccc(Cl)c(Cl)c1. The molecule has 7 heteroatoms. The molecular weight excluding hydrogens is 307 g/mol. The molecule has 0 aromatic heterocycles. The predicted molar refractivity (Wildman–Crippen MR) is 77.2 cm³/mol. The maximum absolute atomic E-state index is 12.1. The van der Waals surface area contributed by atoms with Gasteiger partial charge in [0.25, 0.3) is 0 Å². The monoisotopic (exact) mass is 322 g/mol. The van der Waals surface area contributed by atoms with Crippen molar-refractivity contribution in [1.29, 1.82) is 0 Å². The Hall–Kier alpha value is -0.330. The Morgan fingerprint density at radius 2 is 1.89 bits per heavy atom. The zero-order valence-electron chi connectivity index (χ0n) is 10.3. The van der Waals surface area contributed by atoms with Gasteiger partial charge in [0, 0.05) is 6.54 Å². The lowest BCUT2D eigenvalue weighted by molar-refractivity contribution is 0.372. The summed E-state index contributed by atoms with van der Waals surface area (Å²) in [7, 11) is -3.51. The molecular formula is C12H16Cl2N2O2S. The van der Waals surface area contributed by atoms with Gasteiger partial charge in [-0.1, -0.05) is 23.2 Å². The van der Waals surface area contributed by atoms with Crippen LogP contribution in [0.25, 0.3) is 0 Å². The molecule has 1 saturated heterocycles. The van der Waals surface area contributed by atoms with E-state index in [0.717, 1.165) is 25.9 Å². The van der Waals surface area contributed by atoms with E-state index in [1.54, 1.807) is 0 Å². The van der Waals surface area contributed by atoms with Crippen LogP contribution in [-0.4, -0.2) is 28.1 Å². The van der Waals surface area contributed by atoms with Crippen molar-refractivity contribution >= 4 is 33.2 Å². The molecule has 1 aromatic rings. The van der Waals surface area contributed by atoms with Crippen LogP contribution in [0.3, 0.4) is 0 Å². The third kappa shape index (κ3) is 4.07. The van der Waals surface area contributed by atoms with Gasteiger partial charge < -0.3 is 5.32 Å². The molecule has 1 aliphatic heterocycles. The lowest BCUT2D eigenvalue weighted by Crippen LogP contribution is -2.35. The molecule has 0 radical (unpaired) electrons. The number of nitrogens with one attached hydrogen (secondary N) is 2. The van der Waals surface area contributed by atoms with Crippen molar-refractivity contribution in [3.8, 4) is 0 Å². The van der Waals surface area contributed by atoms with Gasteiger partial charge in [0.2, 0.25) is 10.0 Å². The Labute approximate surface area is 123 Å². The number of rotatable bonds is 4. The molecule has 19 heavy (non-hydrogen) atoms. The maximum atomic E-state index is 12.1. The average Bonchev–Trinajstić information content (AvgIpc) is 2.41. The Balaban J connectivity index is 2.02. The summed E-state index contributed by atoms with van der Waals surface area (Å²) in [6.45, 7) is 2.35. The van der Waals surface area contributed by atoms with Gasteiger partial charge in [-0.25, -0.2) is 13.1 Å². The molecule has 1 aliphatic rings. The molecule has 106 valence electrons. The molecule has 1 aromatic carbocycles. The number of benzene rings is 1. The van der Waals surface area contributed by atoms with E-state index in [4.69, 9.17) is 23.2 Å². The van der Waals surface area contributed by atoms with E-state index < -0.39 is 10.0 Å². The normalized spacial score (nSPS) is 17.6. The van der Waals surface area contributed by atoms with Gasteiger partial charge in [-0.05, 0) is 50.0 Å². The van der Waals surface area contributed by atoms with Crippen LogP contribution in [-0.2, 0) is 10.0 Å². The van der Waals surface area contributed by atoms with E-state index in [9.17, 15) is 8.42 Å². The number of piperidine rings is 1. The zero-order chi connectivity index (χ0) is 13.9. The van der Waals surface area contributed by atoms with Crippen molar-refractivity contribution in [2.75, 3.05) is 19.6 Å². The van der Waals surface area contributed by atoms with Crippen molar-refractivity contribution in [1.82, 2.24) is 10.0 Å². The highest BCUT2D eigenvalue weighted by atomic mass is 35.5. The van der Waals surface area contributed by atoms with Crippen molar-refractivity contribution in [2.45, 2.75) is 17.7 Å². The standard InChI is InChI=1S/C12H16Cl2N2O2S/c13-11-2-1-10(7-12(11)14)19(17,18)16-8-9-3-5-15-6-4-9/h1-2,7,9,15-16H,3-6,8H2. The van der Waals surface area contributed by atoms with Crippen LogP contribution in [0.5, 0.6) is 0 Å². The summed E-state index contributed by atoms with van der Waals surface area (Å²) in [5.41, 5.74) is 0. The lowest BCUT2D eigenvalue weighted by atomic mass is 9.99. The maximum Gasteiger partial charge on any atom is 0.240 e. The van der Waals surface area contributed by atoms with Crippen molar-refractivity contribution < 1.29 is 8.42 Å². The molecule has 0 aliphatic carbocycles. The second-order valence-electron chi connectivity index (χ2n) is 4.62. The summed E-state index contributed by atoms with van der Waals surface area (Å²) in [6.07, 6.45) is 1.98. The Bertz CT molecular complexity index is 543. The first kappa shape index (κ1) is 15.1. The predicted octanol–water partition coefficient (Wildman–Crippen LogP) is 2.27. The van der Waals surface area contributed by atoms with E-state index in [-0.39, 0.29) is 9.92 Å². The van der Waals surface area contributed by atoms with Crippen molar-refractivity contribution in [3.05, 3.63) is 28.2 Å². The first-order valence-corrected chi connectivity index (χ1v) is 8.38. The number of sulfonamides is 1. The van der Waals surface area contributed by atoms with Gasteiger partial charge in [-0.3, -0.25) is 0 Å². The highest BCUT2D eigenvalue weighted by Crippen LogP contribution is 2.24. The van der Waals surface area contributed by atoms with E-state index >= 15 is 0 Å². The number of hydrogen-bond acceptors (Lipinski definition) is 3. The second-order valence-corrected chi connectivity index (χ2v) is 7.20. The van der Waals surface area contributed by atoms with E-state index in [2.05, 4.69) is 10.0 Å². The third-order valence-corrected chi connectivity index (χ3v) is 5.38. The minimum atomic E-state index is -3.51. The summed E-state index contributed by atoms with van der Waals surface area (Å²) < 4.78 is 26.9. The Morgan fingerprint density at radius 3 is 2.53 bits per heavy atom. The molecule has 1 fully saturated rings. The number of halogens is 2. The lowest BCUT2D eigenvalue weighted by Gasteiger charge is -2.22. The highest BCUT2D eigenvalue weighted by Gasteiger charge is 2.19. The molecule has 4 nitrogen and oxygen atoms in total. The molecule has 0 unspecified atom stereocenters. The van der Waals surface area contributed by atoms with Gasteiger partial charge in [-0.15, -0.1) is 0 Å². The molecule has 0 bridgehead atoms. The van der Waals surface area contributed by atoms with E-state index in [1.807, 2.05) is 0 Å². The minimum absolute atomic E-state index is 0.149. The zero-order valence-corrected chi connectivity index (χ0v) is 12.7. The van der Waals surface area contributed by atoms with Crippen LogP contribution in [0, 0.1) is 5.92 Å². The summed E-state index contributed by atoms with van der Waals surface area (Å²) in [5, 5.41) is 3.84. The summed E-state index contributed by atoms with van der Waals surface area (Å²) in [4.78, 5) is 0.149. The largest absolute Gasteiger partial charge is 0.317 e. The Kier molecular flexibility index (Phi) is 5.09. The van der Waals surface area contributed by atoms with Crippen LogP contribution in [0.1, 0.15) is 12.8 Å². The average molecular weight is 323 g/mol. The first-order chi connectivity index (χ1) is 8.99. The molecule has 0 atom stereocenters. The van der Waals surface area contributed by atoms with Crippen LogP contribution in [0.4, 0.5) is 0 Å². The summed E-state index contributed by atoms with van der Waals surface area (Å²) >= 11 is 11.6. The summed E-state index contributed by atoms with van der Waals surface area (Å²) in [5.74, 6) is 0.388. The van der Waals surface area contributed by atoms with Gasteiger partial charge in [-0.2, -0.15) is 0 Å². The molecule has 2 rings (SSSR count). The quantitative estimate of drug-likeness (QED) is 0.894. The molecule has 0 amide bonds. The molecule has 0 saturated carbocycles. The highest BCUT2D eigenvalue weighted by molar-refractivity contribution is 7.89. The van der Waals surface area contributed by atoms with Crippen molar-refractivity contribution in [2.24, 2.45) is 5.92 Å². The minimum Gasteiger partial charge on any atom is -0.317 e. The first-order valence-electron chi connectivity index (χ1n) is 6.14. The fraction of sp³-hybridized carbons (Fsp3) is 0.500. The van der Waals surface area contributed by atoms with Gasteiger partial charge in [0.1, 0.15) is 0 Å². The fourth-order valence-electron chi connectivity index (χ4n) is 2.04. The number of hydrogen-bond donors (Lipinski definition) is 2. The van der Waals surface area contributed by atoms with Gasteiger partial charge >= 0.3 is 0 Å². The van der Waals surface area contributed by atoms with E-state index in [1.165, 1.54) is 18.2 Å². The van der Waals surface area contributed by atoms with E-state index in [0.29, 0.717) is 17.5 Å². The van der Waals surface area contributed by atoms with Gasteiger partial charge in [0.05, 0.1) is 14.9 Å². The van der Waals surface area contributed by atoms with Crippen LogP contribution in [0.15, 0.2) is 23.1 Å². The topological polar surface area (TPSA) is 58.2 Å². The van der Waals surface area contributed by atoms with Crippen molar-refractivity contribution in [3.63, 3.8) is 0 Å². The second kappa shape index (κ2) is 6.41. The third-order valence-electron chi connectivity index (χ3n) is 3.22. The summed E-state index contributed by atoms with van der Waals surface area (Å²) in [6, 6.07) is 4.32. The van der Waals surface area contributed by atoms with Crippen LogP contribution < -0.4 is 10.0 Å². The van der Waals surface area contributed by atoms with Gasteiger partial charge in [0.15, 0.2) is 0 Å². The van der Waals surface area contributed by atoms with Crippen LogP contribution in [0.2, 0.25) is 10.0 Å². The van der Waals surface area contributed by atoms with Crippen LogP contribution >= 0.6 is 23.2 Å². The fourth-order valence-corrected chi connectivity index (χ4v) is 3.55. The molecule has 2 N–H and O–H groups in total. The Morgan fingerprint density at radius 1 is 1.21 bits per heavy atom. The smallest absolute Gasteiger partial charge is 0.240 e. The molecule has 0 spiro atoms.